The SMILES string of the molecule is C[C@@H]1[C@H](C)CCC[C@@H]1NC(=O)CN1C(=O)N[C@](C)(c2cc(F)ccc2F)C1=O. The van der Waals surface area contributed by atoms with Crippen LogP contribution in [0.3, 0.4) is 0 Å². The monoisotopic (exact) mass is 393 g/mol. The molecule has 1 saturated heterocycles. The molecular formula is C20H25F2N3O3. The highest BCUT2D eigenvalue weighted by molar-refractivity contribution is 6.09. The first-order chi connectivity index (χ1) is 13.1. The topological polar surface area (TPSA) is 78.5 Å². The Morgan fingerprint density at radius 2 is 2.00 bits per heavy atom. The van der Waals surface area contributed by atoms with Gasteiger partial charge in [0.05, 0.1) is 0 Å². The van der Waals surface area contributed by atoms with Gasteiger partial charge < -0.3 is 10.6 Å². The van der Waals surface area contributed by atoms with Gasteiger partial charge in [0.25, 0.3) is 5.91 Å². The van der Waals surface area contributed by atoms with Crippen molar-refractivity contribution < 1.29 is 23.2 Å². The maximum absolute atomic E-state index is 14.2. The Morgan fingerprint density at radius 3 is 2.71 bits per heavy atom. The Morgan fingerprint density at radius 1 is 1.29 bits per heavy atom. The Hall–Kier alpha value is -2.51. The quantitative estimate of drug-likeness (QED) is 0.772. The molecule has 2 aliphatic rings. The van der Waals surface area contributed by atoms with Crippen molar-refractivity contribution in [1.29, 1.82) is 0 Å². The normalized spacial score (nSPS) is 30.3. The molecule has 0 radical (unpaired) electrons. The largest absolute Gasteiger partial charge is 0.352 e. The summed E-state index contributed by atoms with van der Waals surface area (Å²) in [5, 5.41) is 5.30. The zero-order chi connectivity index (χ0) is 20.6. The maximum Gasteiger partial charge on any atom is 0.325 e. The van der Waals surface area contributed by atoms with Crippen LogP contribution in [0.2, 0.25) is 0 Å². The fraction of sp³-hybridized carbons (Fsp3) is 0.550. The zero-order valence-corrected chi connectivity index (χ0v) is 16.2. The van der Waals surface area contributed by atoms with E-state index >= 15 is 0 Å². The molecule has 1 heterocycles. The lowest BCUT2D eigenvalue weighted by Gasteiger charge is -2.34. The predicted molar refractivity (Wildman–Crippen MR) is 98.1 cm³/mol. The summed E-state index contributed by atoms with van der Waals surface area (Å²) in [5.74, 6) is -1.99. The summed E-state index contributed by atoms with van der Waals surface area (Å²) in [6, 6.07) is 1.89. The summed E-state index contributed by atoms with van der Waals surface area (Å²) in [5.41, 5.74) is -2.04. The van der Waals surface area contributed by atoms with Crippen molar-refractivity contribution in [2.75, 3.05) is 6.54 Å². The van der Waals surface area contributed by atoms with Crippen molar-refractivity contribution in [3.8, 4) is 0 Å². The van der Waals surface area contributed by atoms with Crippen LogP contribution in [0.5, 0.6) is 0 Å². The summed E-state index contributed by atoms with van der Waals surface area (Å²) in [6.45, 7) is 5.05. The highest BCUT2D eigenvalue weighted by Crippen LogP contribution is 2.32. The first-order valence-electron chi connectivity index (χ1n) is 9.52. The second-order valence-corrected chi connectivity index (χ2v) is 8.01. The zero-order valence-electron chi connectivity index (χ0n) is 16.2. The Labute approximate surface area is 162 Å². The number of nitrogens with one attached hydrogen (secondary N) is 2. The van der Waals surface area contributed by atoms with Gasteiger partial charge in [-0.2, -0.15) is 0 Å². The number of imide groups is 1. The third-order valence-electron chi connectivity index (χ3n) is 6.10. The molecule has 8 heteroatoms. The number of nitrogens with zero attached hydrogens (tertiary/aromatic N) is 1. The maximum atomic E-state index is 14.2. The van der Waals surface area contributed by atoms with Crippen LogP contribution in [0.4, 0.5) is 13.6 Å². The van der Waals surface area contributed by atoms with Crippen molar-refractivity contribution in [2.45, 2.75) is 51.6 Å². The van der Waals surface area contributed by atoms with Gasteiger partial charge in [-0.15, -0.1) is 0 Å². The van der Waals surface area contributed by atoms with Gasteiger partial charge in [-0.1, -0.05) is 26.7 Å². The van der Waals surface area contributed by atoms with E-state index in [1.54, 1.807) is 0 Å². The molecule has 1 saturated carbocycles. The summed E-state index contributed by atoms with van der Waals surface area (Å²) in [7, 11) is 0. The van der Waals surface area contributed by atoms with E-state index in [4.69, 9.17) is 0 Å². The van der Waals surface area contributed by atoms with E-state index in [-0.39, 0.29) is 11.6 Å². The van der Waals surface area contributed by atoms with Gasteiger partial charge in [0, 0.05) is 11.6 Å². The van der Waals surface area contributed by atoms with Gasteiger partial charge in [-0.25, -0.2) is 13.6 Å². The number of amides is 4. The number of halogens is 2. The van der Waals surface area contributed by atoms with E-state index in [2.05, 4.69) is 24.5 Å². The number of hydrogen-bond acceptors (Lipinski definition) is 3. The van der Waals surface area contributed by atoms with E-state index in [1.807, 2.05) is 0 Å². The van der Waals surface area contributed by atoms with E-state index in [0.717, 1.165) is 42.4 Å². The summed E-state index contributed by atoms with van der Waals surface area (Å²) < 4.78 is 27.7. The third kappa shape index (κ3) is 3.59. The van der Waals surface area contributed by atoms with Crippen LogP contribution in [-0.2, 0) is 15.1 Å². The molecule has 152 valence electrons. The van der Waals surface area contributed by atoms with Crippen molar-refractivity contribution in [2.24, 2.45) is 11.8 Å². The van der Waals surface area contributed by atoms with Crippen molar-refractivity contribution in [1.82, 2.24) is 15.5 Å². The van der Waals surface area contributed by atoms with Gasteiger partial charge in [-0.05, 0) is 43.4 Å². The molecule has 0 bridgehead atoms. The molecule has 4 amide bonds. The second-order valence-electron chi connectivity index (χ2n) is 8.01. The molecule has 2 fully saturated rings. The first kappa shape index (κ1) is 20.2. The number of rotatable bonds is 4. The van der Waals surface area contributed by atoms with Crippen LogP contribution in [0.15, 0.2) is 18.2 Å². The van der Waals surface area contributed by atoms with Crippen molar-refractivity contribution in [3.05, 3.63) is 35.4 Å². The number of hydrogen-bond donors (Lipinski definition) is 2. The minimum absolute atomic E-state index is 0.0101. The van der Waals surface area contributed by atoms with Crippen molar-refractivity contribution in [3.63, 3.8) is 0 Å². The Bertz CT molecular complexity index is 816. The lowest BCUT2D eigenvalue weighted by molar-refractivity contribution is -0.135. The smallest absolute Gasteiger partial charge is 0.325 e. The van der Waals surface area contributed by atoms with Gasteiger partial charge in [0.1, 0.15) is 23.7 Å². The molecular weight excluding hydrogens is 368 g/mol. The Kier molecular flexibility index (Phi) is 5.41. The van der Waals surface area contributed by atoms with Gasteiger partial charge >= 0.3 is 6.03 Å². The third-order valence-corrected chi connectivity index (χ3v) is 6.10. The molecule has 0 aromatic heterocycles. The van der Waals surface area contributed by atoms with Crippen LogP contribution in [0.25, 0.3) is 0 Å². The van der Waals surface area contributed by atoms with Gasteiger partial charge in [0.2, 0.25) is 5.91 Å². The predicted octanol–water partition coefficient (Wildman–Crippen LogP) is 2.67. The molecule has 1 aliphatic carbocycles. The highest BCUT2D eigenvalue weighted by Gasteiger charge is 2.51. The summed E-state index contributed by atoms with van der Waals surface area (Å²) >= 11 is 0. The van der Waals surface area contributed by atoms with E-state index in [1.165, 1.54) is 6.92 Å². The van der Waals surface area contributed by atoms with Crippen molar-refractivity contribution >= 4 is 17.8 Å². The standard InChI is InChI=1S/C20H25F2N3O3/c1-11-5-4-6-16(12(11)2)23-17(26)10-25-18(27)20(3,24-19(25)28)14-9-13(21)7-8-15(14)22/h7-9,11-12,16H,4-6,10H2,1-3H3,(H,23,26)(H,24,28)/t11-,12-,16+,20-/m1/s1. The molecule has 28 heavy (non-hydrogen) atoms. The van der Waals surface area contributed by atoms with Gasteiger partial charge in [-0.3, -0.25) is 14.5 Å². The average molecular weight is 393 g/mol. The number of carbonyl (C=O) groups excluding carboxylic acids is 3. The molecule has 0 unspecified atom stereocenters. The lowest BCUT2D eigenvalue weighted by atomic mass is 9.78. The molecule has 3 rings (SSSR count). The second kappa shape index (κ2) is 7.48. The van der Waals surface area contributed by atoms with Crippen LogP contribution in [-0.4, -0.2) is 35.3 Å². The molecule has 6 nitrogen and oxygen atoms in total. The van der Waals surface area contributed by atoms with E-state index < -0.39 is 41.6 Å². The van der Waals surface area contributed by atoms with Crippen LogP contribution >= 0.6 is 0 Å². The molecule has 4 atom stereocenters. The first-order valence-corrected chi connectivity index (χ1v) is 9.52. The van der Waals surface area contributed by atoms with Crippen LogP contribution in [0, 0.1) is 23.5 Å². The fourth-order valence-electron chi connectivity index (χ4n) is 4.09. The minimum atomic E-state index is -1.77. The number of urea groups is 1. The fourth-order valence-corrected chi connectivity index (χ4v) is 4.09. The van der Waals surface area contributed by atoms with E-state index in [0.29, 0.717) is 11.8 Å². The highest BCUT2D eigenvalue weighted by atomic mass is 19.1. The molecule has 0 spiro atoms. The summed E-state index contributed by atoms with van der Waals surface area (Å²) in [4.78, 5) is 38.3. The minimum Gasteiger partial charge on any atom is -0.352 e. The lowest BCUT2D eigenvalue weighted by Crippen LogP contribution is -2.49. The molecule has 2 N–H and O–H groups in total. The van der Waals surface area contributed by atoms with Crippen LogP contribution < -0.4 is 10.6 Å². The summed E-state index contributed by atoms with van der Waals surface area (Å²) in [6.07, 6.45) is 2.97. The number of benzene rings is 1. The van der Waals surface area contributed by atoms with Crippen LogP contribution in [0.1, 0.15) is 45.6 Å². The number of carbonyl (C=O) groups is 3. The molecule has 1 aliphatic heterocycles. The van der Waals surface area contributed by atoms with E-state index in [9.17, 15) is 23.2 Å². The average Bonchev–Trinajstić information content (AvgIpc) is 2.85. The molecule has 1 aromatic rings. The Balaban J connectivity index is 1.73. The van der Waals surface area contributed by atoms with Gasteiger partial charge in [0.15, 0.2) is 0 Å². The molecule has 1 aromatic carbocycles.